The van der Waals surface area contributed by atoms with E-state index in [9.17, 15) is 23.4 Å². The van der Waals surface area contributed by atoms with Crippen LogP contribution in [0.1, 0.15) is 70.3 Å². The number of aliphatic hydroxyl groups is 2. The first-order chi connectivity index (χ1) is 14.0. The van der Waals surface area contributed by atoms with E-state index >= 15 is 0 Å². The van der Waals surface area contributed by atoms with Crippen molar-refractivity contribution < 1.29 is 23.4 Å². The molecule has 9 heteroatoms. The van der Waals surface area contributed by atoms with Crippen LogP contribution in [0.15, 0.2) is 6.20 Å². The number of hydrogen-bond donors (Lipinski definition) is 4. The van der Waals surface area contributed by atoms with Gasteiger partial charge in [0.2, 0.25) is 5.95 Å². The van der Waals surface area contributed by atoms with E-state index in [1.165, 1.54) is 0 Å². The lowest BCUT2D eigenvalue weighted by Gasteiger charge is -2.40. The number of aliphatic hydroxyl groups excluding tert-OH is 1. The highest BCUT2D eigenvalue weighted by atomic mass is 19.4. The number of halogens is 3. The Morgan fingerprint density at radius 1 is 1.10 bits per heavy atom. The lowest BCUT2D eigenvalue weighted by molar-refractivity contribution is -0.137. The number of alkyl halides is 3. The predicted molar refractivity (Wildman–Crippen MR) is 105 cm³/mol. The minimum Gasteiger partial charge on any atom is -0.393 e. The van der Waals surface area contributed by atoms with E-state index in [0.29, 0.717) is 38.0 Å². The average Bonchev–Trinajstić information content (AvgIpc) is 3.08. The van der Waals surface area contributed by atoms with E-state index in [1.807, 2.05) is 0 Å². The lowest BCUT2D eigenvalue weighted by atomic mass is 9.73. The van der Waals surface area contributed by atoms with Gasteiger partial charge >= 0.3 is 6.18 Å². The lowest BCUT2D eigenvalue weighted by Crippen LogP contribution is -2.43. The summed E-state index contributed by atoms with van der Waals surface area (Å²) in [6.45, 7) is 2.17. The number of nitrogens with zero attached hydrogens (tertiary/aromatic N) is 2. The Labute approximate surface area is 173 Å². The second-order valence-corrected chi connectivity index (χ2v) is 10.4. The van der Waals surface area contributed by atoms with Crippen molar-refractivity contribution in [3.8, 4) is 0 Å². The molecule has 0 saturated heterocycles. The Morgan fingerprint density at radius 3 is 2.53 bits per heavy atom. The van der Waals surface area contributed by atoms with Crippen molar-refractivity contribution >= 4 is 11.8 Å². The van der Waals surface area contributed by atoms with Crippen molar-refractivity contribution in [2.75, 3.05) is 10.6 Å². The van der Waals surface area contributed by atoms with Gasteiger partial charge in [-0.3, -0.25) is 0 Å². The summed E-state index contributed by atoms with van der Waals surface area (Å²) in [4.78, 5) is 8.24. The minimum absolute atomic E-state index is 0.0480. The van der Waals surface area contributed by atoms with E-state index in [1.54, 1.807) is 0 Å². The Balaban J connectivity index is 1.40. The smallest absolute Gasteiger partial charge is 0.393 e. The summed E-state index contributed by atoms with van der Waals surface area (Å²) in [6.07, 6.45) is 2.32. The molecule has 1 aromatic rings. The van der Waals surface area contributed by atoms with Crippen molar-refractivity contribution in [3.05, 3.63) is 11.8 Å². The summed E-state index contributed by atoms with van der Waals surface area (Å²) >= 11 is 0. The van der Waals surface area contributed by atoms with Crippen LogP contribution in [0.25, 0.3) is 0 Å². The Kier molecular flexibility index (Phi) is 4.36. The zero-order valence-corrected chi connectivity index (χ0v) is 17.1. The molecule has 0 amide bonds. The molecule has 4 aliphatic rings. The van der Waals surface area contributed by atoms with E-state index in [0.717, 1.165) is 31.9 Å². The number of nitrogens with one attached hydrogen (secondary N) is 2. The Bertz CT molecular complexity index is 840. The first-order valence-corrected chi connectivity index (χ1v) is 10.9. The van der Waals surface area contributed by atoms with Crippen LogP contribution in [0.5, 0.6) is 0 Å². The maximum absolute atomic E-state index is 13.5. The van der Waals surface area contributed by atoms with Gasteiger partial charge in [0.15, 0.2) is 0 Å². The summed E-state index contributed by atoms with van der Waals surface area (Å²) in [7, 11) is 0. The third-order valence-electron chi connectivity index (χ3n) is 7.79. The standard InChI is InChI=1S/C21H29F3N4O2/c1-12-6-18-9-19(7-12,11-20(18,30)10-18)28-17-25-8-15(21(22,23)24)16(27-17)26-13-2-4-14(29)5-3-13/h8,12-14,29-30H,2-7,9-11H2,1H3,(H2,25,26,27,28). The molecule has 30 heavy (non-hydrogen) atoms. The van der Waals surface area contributed by atoms with Crippen LogP contribution >= 0.6 is 0 Å². The zero-order chi connectivity index (χ0) is 21.4. The van der Waals surface area contributed by atoms with Crippen LogP contribution in [0.2, 0.25) is 0 Å². The van der Waals surface area contributed by atoms with Crippen molar-refractivity contribution in [1.82, 2.24) is 9.97 Å². The molecule has 6 nitrogen and oxygen atoms in total. The average molecular weight is 426 g/mol. The largest absolute Gasteiger partial charge is 0.421 e. The Morgan fingerprint density at radius 2 is 1.83 bits per heavy atom. The van der Waals surface area contributed by atoms with Gasteiger partial charge in [-0.15, -0.1) is 0 Å². The molecule has 166 valence electrons. The van der Waals surface area contributed by atoms with Gasteiger partial charge in [0.05, 0.1) is 11.7 Å². The SMILES string of the molecule is CC1CC2(Nc3ncc(C(F)(F)F)c(NC4CCC(O)CC4)n3)CC3(O)CC3(C1)C2. The second kappa shape index (κ2) is 6.45. The fourth-order valence-electron chi connectivity index (χ4n) is 6.70. The van der Waals surface area contributed by atoms with Gasteiger partial charge in [0.25, 0.3) is 0 Å². The molecule has 5 rings (SSSR count). The topological polar surface area (TPSA) is 90.3 Å². The van der Waals surface area contributed by atoms with Crippen LogP contribution in [0.4, 0.5) is 24.9 Å². The van der Waals surface area contributed by atoms with Crippen LogP contribution in [0.3, 0.4) is 0 Å². The molecule has 4 unspecified atom stereocenters. The van der Waals surface area contributed by atoms with Gasteiger partial charge in [-0.05, 0) is 63.7 Å². The first kappa shape index (κ1) is 20.3. The van der Waals surface area contributed by atoms with Gasteiger partial charge in [-0.1, -0.05) is 6.92 Å². The molecule has 1 aromatic heterocycles. The third kappa shape index (κ3) is 3.34. The summed E-state index contributed by atoms with van der Waals surface area (Å²) in [5.41, 5.74) is -1.94. The van der Waals surface area contributed by atoms with Crippen molar-refractivity contribution in [1.29, 1.82) is 0 Å². The summed E-state index contributed by atoms with van der Waals surface area (Å²) < 4.78 is 40.6. The van der Waals surface area contributed by atoms with Crippen LogP contribution in [-0.2, 0) is 6.18 Å². The van der Waals surface area contributed by atoms with Crippen molar-refractivity contribution in [3.63, 3.8) is 0 Å². The van der Waals surface area contributed by atoms with Crippen LogP contribution < -0.4 is 10.6 Å². The molecule has 4 N–H and O–H groups in total. The maximum atomic E-state index is 13.5. The molecule has 2 bridgehead atoms. The molecule has 4 saturated carbocycles. The zero-order valence-electron chi connectivity index (χ0n) is 17.1. The number of rotatable bonds is 4. The molecule has 0 aromatic carbocycles. The van der Waals surface area contributed by atoms with E-state index in [-0.39, 0.29) is 34.9 Å². The first-order valence-electron chi connectivity index (χ1n) is 10.9. The summed E-state index contributed by atoms with van der Waals surface area (Å²) in [5.74, 6) is 0.400. The highest BCUT2D eigenvalue weighted by Crippen LogP contribution is 2.75. The molecule has 0 aliphatic heterocycles. The number of anilines is 2. The van der Waals surface area contributed by atoms with Gasteiger partial charge in [0, 0.05) is 23.2 Å². The van der Waals surface area contributed by atoms with Crippen LogP contribution in [-0.4, -0.2) is 43.5 Å². The fraction of sp³-hybridized carbons (Fsp3) is 0.810. The number of fused-ring (bicyclic) bond motifs is 1. The molecular formula is C21H29F3N4O2. The van der Waals surface area contributed by atoms with Crippen molar-refractivity contribution in [2.24, 2.45) is 11.3 Å². The quantitative estimate of drug-likeness (QED) is 0.587. The third-order valence-corrected chi connectivity index (χ3v) is 7.79. The maximum Gasteiger partial charge on any atom is 0.421 e. The van der Waals surface area contributed by atoms with E-state index < -0.39 is 17.3 Å². The molecule has 4 aliphatic carbocycles. The van der Waals surface area contributed by atoms with Gasteiger partial charge in [-0.25, -0.2) is 4.98 Å². The number of aromatic nitrogens is 2. The van der Waals surface area contributed by atoms with Gasteiger partial charge in [-0.2, -0.15) is 18.2 Å². The normalized spacial score (nSPS) is 42.5. The van der Waals surface area contributed by atoms with Crippen molar-refractivity contribution in [2.45, 2.75) is 94.2 Å². The summed E-state index contributed by atoms with van der Waals surface area (Å²) in [6, 6.07) is -0.159. The van der Waals surface area contributed by atoms with E-state index in [4.69, 9.17) is 0 Å². The molecular weight excluding hydrogens is 397 g/mol. The molecule has 4 fully saturated rings. The van der Waals surface area contributed by atoms with Gasteiger partial charge in [0.1, 0.15) is 11.4 Å². The van der Waals surface area contributed by atoms with Gasteiger partial charge < -0.3 is 20.8 Å². The van der Waals surface area contributed by atoms with E-state index in [2.05, 4.69) is 27.5 Å². The minimum atomic E-state index is -4.55. The predicted octanol–water partition coefficient (Wildman–Crippen LogP) is 3.71. The van der Waals surface area contributed by atoms with Crippen LogP contribution in [0, 0.1) is 11.3 Å². The second-order valence-electron chi connectivity index (χ2n) is 10.4. The highest BCUT2D eigenvalue weighted by molar-refractivity contribution is 5.51. The highest BCUT2D eigenvalue weighted by Gasteiger charge is 2.77. The fourth-order valence-corrected chi connectivity index (χ4v) is 6.70. The molecule has 1 heterocycles. The Hall–Kier alpha value is -1.61. The monoisotopic (exact) mass is 426 g/mol. The summed E-state index contributed by atoms with van der Waals surface area (Å²) in [5, 5.41) is 26.8. The number of hydrogen-bond acceptors (Lipinski definition) is 6. The molecule has 4 atom stereocenters. The molecule has 1 spiro atoms. The molecule has 0 radical (unpaired) electrons.